The molecule has 3 heterocycles. The van der Waals surface area contributed by atoms with Crippen LogP contribution in [-0.2, 0) is 11.3 Å². The van der Waals surface area contributed by atoms with Crippen LogP contribution in [0.3, 0.4) is 0 Å². The van der Waals surface area contributed by atoms with Crippen LogP contribution in [0, 0.1) is 12.8 Å². The molecule has 1 fully saturated rings. The predicted octanol–water partition coefficient (Wildman–Crippen LogP) is 3.05. The van der Waals surface area contributed by atoms with E-state index < -0.39 is 6.04 Å². The molecule has 4 rings (SSSR count). The Morgan fingerprint density at radius 2 is 1.91 bits per heavy atom. The van der Waals surface area contributed by atoms with Crippen molar-refractivity contribution >= 4 is 29.4 Å². The van der Waals surface area contributed by atoms with Gasteiger partial charge in [-0.3, -0.25) is 9.59 Å². The lowest BCUT2D eigenvalue weighted by Crippen LogP contribution is -2.55. The maximum atomic E-state index is 13.1. The number of anilines is 1. The van der Waals surface area contributed by atoms with Crippen molar-refractivity contribution in [2.24, 2.45) is 5.92 Å². The summed E-state index contributed by atoms with van der Waals surface area (Å²) in [5.74, 6) is 0.963. The zero-order valence-electron chi connectivity index (χ0n) is 18.5. The lowest BCUT2D eigenvalue weighted by Gasteiger charge is -2.43. The molecule has 1 aromatic carbocycles. The van der Waals surface area contributed by atoms with Crippen LogP contribution >= 0.6 is 11.8 Å². The summed E-state index contributed by atoms with van der Waals surface area (Å²) in [5.41, 5.74) is 2.87. The van der Waals surface area contributed by atoms with Gasteiger partial charge in [0.2, 0.25) is 5.91 Å². The van der Waals surface area contributed by atoms with Crippen LogP contribution in [0.5, 0.6) is 0 Å². The summed E-state index contributed by atoms with van der Waals surface area (Å²) in [5, 5.41) is 5.90. The number of pyridine rings is 1. The van der Waals surface area contributed by atoms with E-state index in [0.717, 1.165) is 29.1 Å². The molecular formula is C24H30N4O3S. The number of aromatic nitrogens is 1. The second-order valence-corrected chi connectivity index (χ2v) is 9.73. The summed E-state index contributed by atoms with van der Waals surface area (Å²) in [6, 6.07) is 12.2. The van der Waals surface area contributed by atoms with Crippen molar-refractivity contribution in [2.75, 3.05) is 30.4 Å². The zero-order valence-corrected chi connectivity index (χ0v) is 19.4. The molecule has 170 valence electrons. The van der Waals surface area contributed by atoms with Gasteiger partial charge in [-0.05, 0) is 55.9 Å². The lowest BCUT2D eigenvalue weighted by molar-refractivity contribution is -0.118. The SMILES string of the molecule is CSCC[C@H](NC(=O)N1C[C@@H]2C[C@@H](C1)c1cccc(=O)n1C2)C(=O)Nc1ccc(C)cc1. The number of hydrogen-bond donors (Lipinski definition) is 2. The van der Waals surface area contributed by atoms with Gasteiger partial charge in [0, 0.05) is 43.0 Å². The van der Waals surface area contributed by atoms with Crippen LogP contribution in [0.1, 0.15) is 30.0 Å². The molecule has 3 atom stereocenters. The number of aryl methyl sites for hydroxylation is 1. The third-order valence-electron chi connectivity index (χ3n) is 6.31. The standard InChI is InChI=1S/C24H30N4O3S/c1-16-6-8-19(9-7-16)25-23(30)20(10-11-32-2)26-24(31)27-13-17-12-18(15-27)21-4-3-5-22(29)28(21)14-17/h3-9,17-18,20H,10-15H2,1-2H3,(H,25,30)(H,26,31)/t17-,18-,20-/m0/s1. The Hall–Kier alpha value is -2.74. The Labute approximate surface area is 192 Å². The largest absolute Gasteiger partial charge is 0.326 e. The highest BCUT2D eigenvalue weighted by molar-refractivity contribution is 7.98. The fourth-order valence-electron chi connectivity index (χ4n) is 4.67. The van der Waals surface area contributed by atoms with Crippen molar-refractivity contribution in [3.05, 3.63) is 64.1 Å². The average Bonchev–Trinajstić information content (AvgIpc) is 2.78. The molecule has 1 saturated heterocycles. The molecule has 0 aliphatic carbocycles. The number of nitrogens with one attached hydrogen (secondary N) is 2. The summed E-state index contributed by atoms with van der Waals surface area (Å²) in [7, 11) is 0. The van der Waals surface area contributed by atoms with Gasteiger partial charge in [0.15, 0.2) is 0 Å². The van der Waals surface area contributed by atoms with Gasteiger partial charge in [-0.2, -0.15) is 11.8 Å². The van der Waals surface area contributed by atoms with Crippen molar-refractivity contribution < 1.29 is 9.59 Å². The fraction of sp³-hybridized carbons (Fsp3) is 0.458. The monoisotopic (exact) mass is 454 g/mol. The van der Waals surface area contributed by atoms with E-state index in [-0.39, 0.29) is 29.3 Å². The first-order valence-electron chi connectivity index (χ1n) is 11.1. The van der Waals surface area contributed by atoms with E-state index in [1.165, 1.54) is 0 Å². The predicted molar refractivity (Wildman–Crippen MR) is 128 cm³/mol. The number of benzene rings is 1. The van der Waals surface area contributed by atoms with E-state index in [1.54, 1.807) is 23.9 Å². The van der Waals surface area contributed by atoms with E-state index in [9.17, 15) is 14.4 Å². The van der Waals surface area contributed by atoms with Crippen molar-refractivity contribution in [3.63, 3.8) is 0 Å². The molecule has 0 saturated carbocycles. The summed E-state index contributed by atoms with van der Waals surface area (Å²) in [4.78, 5) is 40.1. The van der Waals surface area contributed by atoms with E-state index in [1.807, 2.05) is 53.0 Å². The number of hydrogen-bond acceptors (Lipinski definition) is 4. The van der Waals surface area contributed by atoms with E-state index >= 15 is 0 Å². The molecule has 8 heteroatoms. The molecule has 32 heavy (non-hydrogen) atoms. The lowest BCUT2D eigenvalue weighted by atomic mass is 9.83. The van der Waals surface area contributed by atoms with Crippen LogP contribution in [0.15, 0.2) is 47.3 Å². The molecule has 0 unspecified atom stereocenters. The van der Waals surface area contributed by atoms with Crippen LogP contribution in [0.25, 0.3) is 0 Å². The smallest absolute Gasteiger partial charge is 0.318 e. The number of carbonyl (C=O) groups is 2. The van der Waals surface area contributed by atoms with Gasteiger partial charge in [0.05, 0.1) is 0 Å². The number of amides is 3. The number of fused-ring (bicyclic) bond motifs is 4. The van der Waals surface area contributed by atoms with E-state index in [0.29, 0.717) is 26.1 Å². The third kappa shape index (κ3) is 5.01. The highest BCUT2D eigenvalue weighted by Gasteiger charge is 2.37. The highest BCUT2D eigenvalue weighted by Crippen LogP contribution is 2.34. The van der Waals surface area contributed by atoms with Gasteiger partial charge in [0.1, 0.15) is 6.04 Å². The molecule has 2 aromatic rings. The highest BCUT2D eigenvalue weighted by atomic mass is 32.2. The quantitative estimate of drug-likeness (QED) is 0.703. The number of thioether (sulfide) groups is 1. The minimum atomic E-state index is -0.604. The average molecular weight is 455 g/mol. The number of rotatable bonds is 6. The molecule has 0 radical (unpaired) electrons. The zero-order chi connectivity index (χ0) is 22.7. The molecule has 2 aliphatic heterocycles. The summed E-state index contributed by atoms with van der Waals surface area (Å²) >= 11 is 1.65. The first-order chi connectivity index (χ1) is 15.4. The minimum Gasteiger partial charge on any atom is -0.326 e. The first kappa shape index (κ1) is 22.5. The summed E-state index contributed by atoms with van der Waals surface area (Å²) in [6.45, 7) is 3.79. The van der Waals surface area contributed by atoms with Crippen molar-refractivity contribution in [3.8, 4) is 0 Å². The minimum absolute atomic E-state index is 0.0278. The van der Waals surface area contributed by atoms with Gasteiger partial charge < -0.3 is 20.1 Å². The molecule has 1 aromatic heterocycles. The Morgan fingerprint density at radius 3 is 2.66 bits per heavy atom. The molecule has 2 N–H and O–H groups in total. The normalized spacial score (nSPS) is 20.2. The number of urea groups is 1. The Morgan fingerprint density at radius 1 is 1.12 bits per heavy atom. The van der Waals surface area contributed by atoms with Crippen LogP contribution in [-0.4, -0.2) is 52.5 Å². The molecular weight excluding hydrogens is 424 g/mol. The second-order valence-electron chi connectivity index (χ2n) is 8.74. The third-order valence-corrected chi connectivity index (χ3v) is 6.95. The number of carbonyl (C=O) groups excluding carboxylic acids is 2. The van der Waals surface area contributed by atoms with Gasteiger partial charge in [0.25, 0.3) is 5.56 Å². The first-order valence-corrected chi connectivity index (χ1v) is 12.5. The molecule has 2 bridgehead atoms. The topological polar surface area (TPSA) is 83.4 Å². The van der Waals surface area contributed by atoms with Gasteiger partial charge in [-0.15, -0.1) is 0 Å². The maximum Gasteiger partial charge on any atom is 0.318 e. The molecule has 2 aliphatic rings. The number of nitrogens with zero attached hydrogens (tertiary/aromatic N) is 2. The van der Waals surface area contributed by atoms with Crippen LogP contribution in [0.2, 0.25) is 0 Å². The Balaban J connectivity index is 1.43. The van der Waals surface area contributed by atoms with Crippen LogP contribution < -0.4 is 16.2 Å². The van der Waals surface area contributed by atoms with Gasteiger partial charge >= 0.3 is 6.03 Å². The van der Waals surface area contributed by atoms with Crippen molar-refractivity contribution in [2.45, 2.75) is 38.3 Å². The van der Waals surface area contributed by atoms with E-state index in [4.69, 9.17) is 0 Å². The molecule has 0 spiro atoms. The van der Waals surface area contributed by atoms with Gasteiger partial charge in [-0.25, -0.2) is 4.79 Å². The second kappa shape index (κ2) is 9.81. The van der Waals surface area contributed by atoms with Crippen molar-refractivity contribution in [1.29, 1.82) is 0 Å². The van der Waals surface area contributed by atoms with E-state index in [2.05, 4.69) is 10.6 Å². The van der Waals surface area contributed by atoms with Gasteiger partial charge in [-0.1, -0.05) is 23.8 Å². The summed E-state index contributed by atoms with van der Waals surface area (Å²) < 4.78 is 1.85. The summed E-state index contributed by atoms with van der Waals surface area (Å²) in [6.07, 6.45) is 3.53. The fourth-order valence-corrected chi connectivity index (χ4v) is 5.14. The molecule has 3 amide bonds. The Bertz CT molecular complexity index is 1040. The Kier molecular flexibility index (Phi) is 6.89. The van der Waals surface area contributed by atoms with Crippen molar-refractivity contribution in [1.82, 2.24) is 14.8 Å². The maximum absolute atomic E-state index is 13.1. The molecule has 7 nitrogen and oxygen atoms in total. The number of likely N-dealkylation sites (tertiary alicyclic amines) is 1. The van der Waals surface area contributed by atoms with Crippen LogP contribution in [0.4, 0.5) is 10.5 Å². The number of piperidine rings is 1.